The lowest BCUT2D eigenvalue weighted by Gasteiger charge is -2.27. The minimum atomic E-state index is 0.222. The number of hydrogen-bond acceptors (Lipinski definition) is 2. The summed E-state index contributed by atoms with van der Waals surface area (Å²) in [4.78, 5) is 11.5. The lowest BCUT2D eigenvalue weighted by Crippen LogP contribution is -2.45. The zero-order valence-corrected chi connectivity index (χ0v) is 9.31. The predicted molar refractivity (Wildman–Crippen MR) is 58.1 cm³/mol. The Morgan fingerprint density at radius 3 is 2.79 bits per heavy atom. The van der Waals surface area contributed by atoms with Crippen molar-refractivity contribution in [2.45, 2.75) is 45.6 Å². The van der Waals surface area contributed by atoms with E-state index in [1.165, 1.54) is 12.8 Å². The minimum absolute atomic E-state index is 0.222. The van der Waals surface area contributed by atoms with Gasteiger partial charge in [0, 0.05) is 12.5 Å². The summed E-state index contributed by atoms with van der Waals surface area (Å²) in [5.41, 5.74) is 0. The molecule has 0 aliphatic carbocycles. The average molecular weight is 198 g/mol. The van der Waals surface area contributed by atoms with Gasteiger partial charge in [-0.25, -0.2) is 0 Å². The summed E-state index contributed by atoms with van der Waals surface area (Å²) in [5, 5.41) is 6.22. The maximum atomic E-state index is 11.5. The van der Waals surface area contributed by atoms with E-state index in [0.717, 1.165) is 19.5 Å². The zero-order chi connectivity index (χ0) is 10.4. The van der Waals surface area contributed by atoms with Crippen molar-refractivity contribution in [3.8, 4) is 0 Å². The third kappa shape index (κ3) is 4.09. The highest BCUT2D eigenvalue weighted by atomic mass is 16.1. The first kappa shape index (κ1) is 11.5. The molecule has 2 N–H and O–H groups in total. The topological polar surface area (TPSA) is 41.1 Å². The van der Waals surface area contributed by atoms with Crippen LogP contribution in [0, 0.1) is 5.92 Å². The van der Waals surface area contributed by atoms with Crippen molar-refractivity contribution < 1.29 is 4.79 Å². The first-order valence-electron chi connectivity index (χ1n) is 5.72. The zero-order valence-electron chi connectivity index (χ0n) is 9.31. The molecule has 1 aliphatic rings. The quantitative estimate of drug-likeness (QED) is 0.675. The monoisotopic (exact) mass is 198 g/mol. The van der Waals surface area contributed by atoms with Gasteiger partial charge in [-0.3, -0.25) is 4.79 Å². The van der Waals surface area contributed by atoms with Crippen LogP contribution in [0.1, 0.15) is 39.5 Å². The van der Waals surface area contributed by atoms with Crippen LogP contribution in [0.25, 0.3) is 0 Å². The van der Waals surface area contributed by atoms with Crippen LogP contribution in [-0.2, 0) is 4.79 Å². The average Bonchev–Trinajstić information content (AvgIpc) is 2.08. The third-order valence-corrected chi connectivity index (χ3v) is 2.74. The summed E-state index contributed by atoms with van der Waals surface area (Å²) >= 11 is 0. The highest BCUT2D eigenvalue weighted by Gasteiger charge is 2.20. The Kier molecular flexibility index (Phi) is 4.94. The van der Waals surface area contributed by atoms with Crippen molar-refractivity contribution in [2.75, 3.05) is 13.1 Å². The van der Waals surface area contributed by atoms with Crippen LogP contribution >= 0.6 is 0 Å². The summed E-state index contributed by atoms with van der Waals surface area (Å²) in [5.74, 6) is 0.800. The predicted octanol–water partition coefficient (Wildman–Crippen LogP) is 1.29. The smallest absolute Gasteiger partial charge is 0.220 e. The van der Waals surface area contributed by atoms with Crippen molar-refractivity contribution in [1.29, 1.82) is 0 Å². The normalized spacial score (nSPS) is 18.7. The van der Waals surface area contributed by atoms with E-state index in [-0.39, 0.29) is 5.91 Å². The van der Waals surface area contributed by atoms with E-state index >= 15 is 0 Å². The van der Waals surface area contributed by atoms with Crippen molar-refractivity contribution >= 4 is 5.91 Å². The number of hydrogen-bond donors (Lipinski definition) is 2. The molecule has 1 atom stereocenters. The number of nitrogens with one attached hydrogen (secondary N) is 2. The molecule has 3 heteroatoms. The van der Waals surface area contributed by atoms with Crippen LogP contribution in [0.3, 0.4) is 0 Å². The summed E-state index contributed by atoms with van der Waals surface area (Å²) in [6.07, 6.45) is 4.20. The summed E-state index contributed by atoms with van der Waals surface area (Å²) in [6, 6.07) is 0.343. The van der Waals surface area contributed by atoms with Gasteiger partial charge in [-0.05, 0) is 32.4 Å². The fourth-order valence-corrected chi connectivity index (χ4v) is 1.67. The van der Waals surface area contributed by atoms with E-state index < -0.39 is 0 Å². The van der Waals surface area contributed by atoms with Crippen LogP contribution < -0.4 is 10.6 Å². The standard InChI is InChI=1S/C11H22N2O/c1-3-4-5-9(2)13-11(14)6-10-7-12-8-10/h9-10,12H,3-8H2,1-2H3,(H,13,14). The molecule has 82 valence electrons. The number of amides is 1. The largest absolute Gasteiger partial charge is 0.354 e. The van der Waals surface area contributed by atoms with Crippen molar-refractivity contribution in [3.63, 3.8) is 0 Å². The van der Waals surface area contributed by atoms with Crippen molar-refractivity contribution in [1.82, 2.24) is 10.6 Å². The molecule has 1 saturated heterocycles. The van der Waals surface area contributed by atoms with Crippen LogP contribution in [0.15, 0.2) is 0 Å². The maximum Gasteiger partial charge on any atom is 0.220 e. The molecule has 0 radical (unpaired) electrons. The Labute approximate surface area is 86.6 Å². The highest BCUT2D eigenvalue weighted by Crippen LogP contribution is 2.08. The van der Waals surface area contributed by atoms with Gasteiger partial charge in [-0.1, -0.05) is 19.8 Å². The lowest BCUT2D eigenvalue weighted by molar-refractivity contribution is -0.123. The molecule has 0 bridgehead atoms. The molecule has 3 nitrogen and oxygen atoms in total. The highest BCUT2D eigenvalue weighted by molar-refractivity contribution is 5.76. The summed E-state index contributed by atoms with van der Waals surface area (Å²) in [7, 11) is 0. The fraction of sp³-hybridized carbons (Fsp3) is 0.909. The van der Waals surface area contributed by atoms with Gasteiger partial charge in [-0.2, -0.15) is 0 Å². The molecule has 1 fully saturated rings. The number of unbranched alkanes of at least 4 members (excludes halogenated alkanes) is 1. The van der Waals surface area contributed by atoms with Gasteiger partial charge in [0.05, 0.1) is 0 Å². The number of rotatable bonds is 6. The third-order valence-electron chi connectivity index (χ3n) is 2.74. The van der Waals surface area contributed by atoms with Crippen LogP contribution in [-0.4, -0.2) is 25.0 Å². The Balaban J connectivity index is 2.05. The van der Waals surface area contributed by atoms with Crippen molar-refractivity contribution in [2.24, 2.45) is 5.92 Å². The molecule has 0 aromatic heterocycles. The molecule has 1 unspecified atom stereocenters. The van der Waals surface area contributed by atoms with Gasteiger partial charge in [0.2, 0.25) is 5.91 Å². The van der Waals surface area contributed by atoms with Gasteiger partial charge < -0.3 is 10.6 Å². The molecule has 1 amide bonds. The Morgan fingerprint density at radius 1 is 1.57 bits per heavy atom. The first-order valence-corrected chi connectivity index (χ1v) is 5.72. The molecule has 1 aliphatic heterocycles. The Bertz CT molecular complexity index is 178. The van der Waals surface area contributed by atoms with E-state index in [2.05, 4.69) is 24.5 Å². The fourth-order valence-electron chi connectivity index (χ4n) is 1.67. The molecule has 0 saturated carbocycles. The van der Waals surface area contributed by atoms with Gasteiger partial charge >= 0.3 is 0 Å². The second-order valence-corrected chi connectivity index (χ2v) is 4.34. The molecular formula is C11H22N2O. The lowest BCUT2D eigenvalue weighted by atomic mass is 9.99. The molecular weight excluding hydrogens is 176 g/mol. The molecule has 14 heavy (non-hydrogen) atoms. The number of carbonyl (C=O) groups is 1. The van der Waals surface area contributed by atoms with Gasteiger partial charge in [0.1, 0.15) is 0 Å². The van der Waals surface area contributed by atoms with Gasteiger partial charge in [-0.15, -0.1) is 0 Å². The Hall–Kier alpha value is -0.570. The maximum absolute atomic E-state index is 11.5. The van der Waals surface area contributed by atoms with Crippen LogP contribution in [0.5, 0.6) is 0 Å². The van der Waals surface area contributed by atoms with E-state index in [1.54, 1.807) is 0 Å². The van der Waals surface area contributed by atoms with Gasteiger partial charge in [0.15, 0.2) is 0 Å². The molecule has 1 heterocycles. The molecule has 0 aromatic rings. The number of carbonyl (C=O) groups excluding carboxylic acids is 1. The minimum Gasteiger partial charge on any atom is -0.354 e. The van der Waals surface area contributed by atoms with Crippen molar-refractivity contribution in [3.05, 3.63) is 0 Å². The van der Waals surface area contributed by atoms with Crippen LogP contribution in [0.4, 0.5) is 0 Å². The second kappa shape index (κ2) is 6.02. The summed E-state index contributed by atoms with van der Waals surface area (Å²) in [6.45, 7) is 6.29. The molecule has 0 aromatic carbocycles. The SMILES string of the molecule is CCCCC(C)NC(=O)CC1CNC1. The molecule has 0 spiro atoms. The van der Waals surface area contributed by atoms with Gasteiger partial charge in [0.25, 0.3) is 0 Å². The summed E-state index contributed by atoms with van der Waals surface area (Å²) < 4.78 is 0. The van der Waals surface area contributed by atoms with E-state index in [4.69, 9.17) is 0 Å². The second-order valence-electron chi connectivity index (χ2n) is 4.34. The van der Waals surface area contributed by atoms with E-state index in [9.17, 15) is 4.79 Å². The Morgan fingerprint density at radius 2 is 2.29 bits per heavy atom. The molecule has 1 rings (SSSR count). The van der Waals surface area contributed by atoms with E-state index in [1.807, 2.05) is 0 Å². The first-order chi connectivity index (χ1) is 6.72. The van der Waals surface area contributed by atoms with Crippen LogP contribution in [0.2, 0.25) is 0 Å². The van der Waals surface area contributed by atoms with E-state index in [0.29, 0.717) is 18.4 Å².